The molecule has 1 amide bonds. The van der Waals surface area contributed by atoms with E-state index in [1.807, 2.05) is 7.05 Å². The standard InChI is InChI=1S/C27H33ClFN7O2/c1-4-10-36(26(37)22-9-11-34(22)2)18-7-12-35(13-8-18)27-31-21-15-23(38-3)20(29)14-19(21)25(33-27)32-24-6-5-17(28)16-30-24/h5-6,14-16,18,22H,4,7-13H2,1-3H3,(H,30,31,32,33). The van der Waals surface area contributed by atoms with Crippen LogP contribution in [0.3, 0.4) is 0 Å². The van der Waals surface area contributed by atoms with Gasteiger partial charge in [0.2, 0.25) is 11.9 Å². The number of fused-ring (bicyclic) bond motifs is 1. The summed E-state index contributed by atoms with van der Waals surface area (Å²) in [7, 11) is 3.44. The number of carbonyl (C=O) groups is 1. The van der Waals surface area contributed by atoms with E-state index in [1.54, 1.807) is 18.2 Å². The molecule has 2 saturated heterocycles. The third-order valence-corrected chi connectivity index (χ3v) is 7.66. The molecule has 202 valence electrons. The maximum absolute atomic E-state index is 14.6. The monoisotopic (exact) mass is 541 g/mol. The molecule has 4 heterocycles. The van der Waals surface area contributed by atoms with E-state index in [-0.39, 0.29) is 23.7 Å². The van der Waals surface area contributed by atoms with Crippen LogP contribution >= 0.6 is 11.6 Å². The molecule has 2 aliphatic heterocycles. The molecule has 0 radical (unpaired) electrons. The van der Waals surface area contributed by atoms with E-state index >= 15 is 0 Å². The zero-order valence-corrected chi connectivity index (χ0v) is 22.7. The number of piperidine rings is 1. The zero-order valence-electron chi connectivity index (χ0n) is 22.0. The number of anilines is 3. The maximum Gasteiger partial charge on any atom is 0.240 e. The first-order valence-electron chi connectivity index (χ1n) is 13.1. The Morgan fingerprint density at radius 2 is 2.00 bits per heavy atom. The van der Waals surface area contributed by atoms with E-state index in [2.05, 4.69) is 31.9 Å². The Morgan fingerprint density at radius 1 is 1.21 bits per heavy atom. The lowest BCUT2D eigenvalue weighted by Gasteiger charge is -2.44. The summed E-state index contributed by atoms with van der Waals surface area (Å²) in [4.78, 5) is 33.4. The molecule has 38 heavy (non-hydrogen) atoms. The first-order valence-corrected chi connectivity index (χ1v) is 13.4. The van der Waals surface area contributed by atoms with Crippen LogP contribution in [0.1, 0.15) is 32.6 Å². The van der Waals surface area contributed by atoms with E-state index < -0.39 is 5.82 Å². The van der Waals surface area contributed by atoms with Gasteiger partial charge in [-0.05, 0) is 50.9 Å². The molecule has 9 nitrogen and oxygen atoms in total. The number of ether oxygens (including phenoxy) is 1. The SMILES string of the molecule is CCCN(C(=O)C1CCN1C)C1CCN(c2nc(Nc3ccc(Cl)cn3)c3cc(F)c(OC)cc3n2)CC1. The van der Waals surface area contributed by atoms with Gasteiger partial charge in [-0.1, -0.05) is 18.5 Å². The van der Waals surface area contributed by atoms with E-state index in [0.717, 1.165) is 38.8 Å². The van der Waals surface area contributed by atoms with Crippen LogP contribution in [-0.2, 0) is 4.79 Å². The van der Waals surface area contributed by atoms with Crippen molar-refractivity contribution in [1.82, 2.24) is 24.8 Å². The van der Waals surface area contributed by atoms with Crippen molar-refractivity contribution in [3.8, 4) is 5.75 Å². The van der Waals surface area contributed by atoms with Crippen LogP contribution in [0.15, 0.2) is 30.5 Å². The number of likely N-dealkylation sites (tertiary alicyclic amines) is 1. The Hall–Kier alpha value is -3.24. The van der Waals surface area contributed by atoms with Gasteiger partial charge < -0.3 is 19.9 Å². The van der Waals surface area contributed by atoms with Crippen LogP contribution in [-0.4, -0.2) is 83.1 Å². The topological polar surface area (TPSA) is 86.7 Å². The number of pyridine rings is 1. The molecule has 1 unspecified atom stereocenters. The third-order valence-electron chi connectivity index (χ3n) is 7.44. The number of carbonyl (C=O) groups excluding carboxylic acids is 1. The highest BCUT2D eigenvalue weighted by molar-refractivity contribution is 6.30. The van der Waals surface area contributed by atoms with Crippen molar-refractivity contribution in [2.24, 2.45) is 0 Å². The average molecular weight is 542 g/mol. The Kier molecular flexibility index (Phi) is 7.80. The van der Waals surface area contributed by atoms with Crippen molar-refractivity contribution >= 4 is 46.0 Å². The maximum atomic E-state index is 14.6. The quantitative estimate of drug-likeness (QED) is 0.447. The van der Waals surface area contributed by atoms with E-state index in [4.69, 9.17) is 26.3 Å². The highest BCUT2D eigenvalue weighted by atomic mass is 35.5. The van der Waals surface area contributed by atoms with E-state index in [9.17, 15) is 9.18 Å². The molecule has 5 rings (SSSR count). The number of aromatic nitrogens is 3. The number of nitrogens with zero attached hydrogens (tertiary/aromatic N) is 6. The molecule has 2 fully saturated rings. The second kappa shape index (κ2) is 11.2. The minimum Gasteiger partial charge on any atom is -0.494 e. The number of hydrogen-bond acceptors (Lipinski definition) is 8. The molecular formula is C27H33ClFN7O2. The number of hydrogen-bond donors (Lipinski definition) is 1. The summed E-state index contributed by atoms with van der Waals surface area (Å²) >= 11 is 5.99. The number of amides is 1. The fourth-order valence-electron chi connectivity index (χ4n) is 5.19. The molecule has 0 saturated carbocycles. The molecular weight excluding hydrogens is 509 g/mol. The molecule has 11 heteroatoms. The number of methoxy groups -OCH3 is 1. The second-order valence-electron chi connectivity index (χ2n) is 9.90. The number of benzene rings is 1. The molecule has 2 aromatic heterocycles. The van der Waals surface area contributed by atoms with Gasteiger partial charge in [-0.3, -0.25) is 9.69 Å². The number of rotatable bonds is 8. The lowest BCUT2D eigenvalue weighted by molar-refractivity contribution is -0.143. The van der Waals surface area contributed by atoms with Gasteiger partial charge in [0.1, 0.15) is 11.6 Å². The largest absolute Gasteiger partial charge is 0.494 e. The summed E-state index contributed by atoms with van der Waals surface area (Å²) < 4.78 is 19.8. The Balaban J connectivity index is 1.40. The highest BCUT2D eigenvalue weighted by Gasteiger charge is 2.37. The molecule has 0 spiro atoms. The van der Waals surface area contributed by atoms with Crippen molar-refractivity contribution in [2.45, 2.75) is 44.7 Å². The smallest absolute Gasteiger partial charge is 0.240 e. The van der Waals surface area contributed by atoms with Crippen LogP contribution in [0.5, 0.6) is 5.75 Å². The van der Waals surface area contributed by atoms with Gasteiger partial charge in [-0.15, -0.1) is 0 Å². The zero-order chi connectivity index (χ0) is 26.8. The third kappa shape index (κ3) is 5.33. The van der Waals surface area contributed by atoms with Crippen molar-refractivity contribution in [1.29, 1.82) is 0 Å². The Labute approximate surface area is 226 Å². The minimum atomic E-state index is -0.498. The van der Waals surface area contributed by atoms with Gasteiger partial charge in [0.05, 0.1) is 23.7 Å². The van der Waals surface area contributed by atoms with Gasteiger partial charge in [0.25, 0.3) is 0 Å². The lowest BCUT2D eigenvalue weighted by atomic mass is 9.98. The van der Waals surface area contributed by atoms with Crippen molar-refractivity contribution in [3.05, 3.63) is 41.3 Å². The van der Waals surface area contributed by atoms with E-state index in [0.29, 0.717) is 46.6 Å². The average Bonchev–Trinajstić information content (AvgIpc) is 2.92. The molecule has 1 N–H and O–H groups in total. The molecule has 2 aliphatic rings. The van der Waals surface area contributed by atoms with Crippen LogP contribution in [0.4, 0.5) is 22.0 Å². The fourth-order valence-corrected chi connectivity index (χ4v) is 5.30. The van der Waals surface area contributed by atoms with Crippen LogP contribution < -0.4 is 15.0 Å². The van der Waals surface area contributed by atoms with Gasteiger partial charge in [0, 0.05) is 49.9 Å². The normalized spacial score (nSPS) is 18.3. The van der Waals surface area contributed by atoms with Gasteiger partial charge in [0.15, 0.2) is 11.6 Å². The number of likely N-dealkylation sites (N-methyl/N-ethyl adjacent to an activating group) is 1. The molecule has 3 aromatic rings. The summed E-state index contributed by atoms with van der Waals surface area (Å²) in [6.07, 6.45) is 5.06. The summed E-state index contributed by atoms with van der Waals surface area (Å²) in [5.74, 6) is 1.38. The van der Waals surface area contributed by atoms with Crippen LogP contribution in [0, 0.1) is 5.82 Å². The van der Waals surface area contributed by atoms with Gasteiger partial charge >= 0.3 is 0 Å². The van der Waals surface area contributed by atoms with E-state index in [1.165, 1.54) is 19.4 Å². The summed E-state index contributed by atoms with van der Waals surface area (Å²) in [6.45, 7) is 5.28. The van der Waals surface area contributed by atoms with Gasteiger partial charge in [-0.2, -0.15) is 4.98 Å². The first kappa shape index (κ1) is 26.4. The summed E-state index contributed by atoms with van der Waals surface area (Å²) in [5.41, 5.74) is 0.558. The Morgan fingerprint density at radius 3 is 2.61 bits per heavy atom. The number of halogens is 2. The van der Waals surface area contributed by atoms with Gasteiger partial charge in [-0.25, -0.2) is 14.4 Å². The minimum absolute atomic E-state index is 0.00823. The molecule has 0 aliphatic carbocycles. The fraction of sp³-hybridized carbons (Fsp3) is 0.481. The van der Waals surface area contributed by atoms with Crippen molar-refractivity contribution in [3.63, 3.8) is 0 Å². The van der Waals surface area contributed by atoms with Crippen LogP contribution in [0.2, 0.25) is 5.02 Å². The lowest BCUT2D eigenvalue weighted by Crippen LogP contribution is -2.58. The summed E-state index contributed by atoms with van der Waals surface area (Å²) in [5, 5.41) is 4.23. The first-order chi connectivity index (χ1) is 18.4. The molecule has 1 atom stereocenters. The number of nitrogens with one attached hydrogen (secondary N) is 1. The second-order valence-corrected chi connectivity index (χ2v) is 10.3. The molecule has 1 aromatic carbocycles. The summed E-state index contributed by atoms with van der Waals surface area (Å²) in [6, 6.07) is 6.61. The van der Waals surface area contributed by atoms with Crippen LogP contribution in [0.25, 0.3) is 10.9 Å². The predicted molar refractivity (Wildman–Crippen MR) is 147 cm³/mol. The van der Waals surface area contributed by atoms with Crippen molar-refractivity contribution < 1.29 is 13.9 Å². The van der Waals surface area contributed by atoms with Crippen molar-refractivity contribution in [2.75, 3.05) is 50.6 Å². The highest BCUT2D eigenvalue weighted by Crippen LogP contribution is 2.32. The predicted octanol–water partition coefficient (Wildman–Crippen LogP) is 4.48. The molecule has 0 bridgehead atoms. The Bertz CT molecular complexity index is 1300.